The standard InChI is InChI=1S/C30H43N5O5/c1-20-17-35(21(2)19-36)30(39)23-16-22(14-15-26(23)40-27(20)18-34(3)4)32-28(37)12-6-5-7-13-29(38)33-25-11-9-8-10-24(25)31/h8-11,14-16,20-21,27,36H,5-7,12-13,17-19,31H2,1-4H3,(H,32,37)(H,33,38)/t20-,21-,27+/m1/s1. The molecule has 0 radical (unpaired) electrons. The fourth-order valence-electron chi connectivity index (χ4n) is 4.67. The number of nitrogens with two attached hydrogens (primary N) is 1. The van der Waals surface area contributed by atoms with Crippen LogP contribution in [0.15, 0.2) is 42.5 Å². The second kappa shape index (κ2) is 14.7. The van der Waals surface area contributed by atoms with Gasteiger partial charge in [0.25, 0.3) is 5.91 Å². The Bertz CT molecular complexity index is 1170. The van der Waals surface area contributed by atoms with Crippen LogP contribution in [-0.2, 0) is 9.59 Å². The molecule has 10 heteroatoms. The lowest BCUT2D eigenvalue weighted by Crippen LogP contribution is -2.49. The molecule has 5 N–H and O–H groups in total. The molecule has 0 spiro atoms. The molecule has 0 unspecified atom stereocenters. The number of aliphatic hydroxyl groups is 1. The Labute approximate surface area is 236 Å². The van der Waals surface area contributed by atoms with Gasteiger partial charge in [0, 0.05) is 37.5 Å². The Morgan fingerprint density at radius 1 is 1.10 bits per heavy atom. The van der Waals surface area contributed by atoms with Crippen molar-refractivity contribution in [1.82, 2.24) is 9.80 Å². The van der Waals surface area contributed by atoms with Crippen molar-refractivity contribution in [3.05, 3.63) is 48.0 Å². The molecule has 0 fully saturated rings. The number of hydrogen-bond donors (Lipinski definition) is 4. The van der Waals surface area contributed by atoms with Gasteiger partial charge in [-0.1, -0.05) is 25.5 Å². The van der Waals surface area contributed by atoms with Crippen LogP contribution in [0.2, 0.25) is 0 Å². The molecule has 0 aromatic heterocycles. The molecule has 1 heterocycles. The highest BCUT2D eigenvalue weighted by atomic mass is 16.5. The number of carbonyl (C=O) groups excluding carboxylic acids is 3. The lowest BCUT2D eigenvalue weighted by atomic mass is 9.99. The van der Waals surface area contributed by atoms with Crippen molar-refractivity contribution in [2.24, 2.45) is 5.92 Å². The van der Waals surface area contributed by atoms with Gasteiger partial charge in [0.05, 0.1) is 29.6 Å². The van der Waals surface area contributed by atoms with Gasteiger partial charge in [0.2, 0.25) is 11.8 Å². The van der Waals surface area contributed by atoms with Crippen molar-refractivity contribution in [1.29, 1.82) is 0 Å². The topological polar surface area (TPSA) is 137 Å². The van der Waals surface area contributed by atoms with Crippen LogP contribution >= 0.6 is 0 Å². The van der Waals surface area contributed by atoms with Crippen molar-refractivity contribution in [3.63, 3.8) is 0 Å². The Morgan fingerprint density at radius 2 is 1.77 bits per heavy atom. The fraction of sp³-hybridized carbons (Fsp3) is 0.500. The summed E-state index contributed by atoms with van der Waals surface area (Å²) in [5.41, 5.74) is 7.85. The number of aliphatic hydroxyl groups excluding tert-OH is 1. The number of rotatable bonds is 12. The maximum Gasteiger partial charge on any atom is 0.258 e. The predicted molar refractivity (Wildman–Crippen MR) is 157 cm³/mol. The summed E-state index contributed by atoms with van der Waals surface area (Å²) in [6.07, 6.45) is 2.50. The van der Waals surface area contributed by atoms with Gasteiger partial charge < -0.3 is 36.0 Å². The zero-order valence-corrected chi connectivity index (χ0v) is 24.0. The molecule has 3 amide bonds. The number of nitrogen functional groups attached to an aromatic ring is 1. The normalized spacial score (nSPS) is 17.9. The maximum atomic E-state index is 13.5. The lowest BCUT2D eigenvalue weighted by molar-refractivity contribution is -0.116. The highest BCUT2D eigenvalue weighted by Gasteiger charge is 2.33. The number of amides is 3. The first kappa shape index (κ1) is 30.9. The molecular formula is C30H43N5O5. The third-order valence-electron chi connectivity index (χ3n) is 7.04. The van der Waals surface area contributed by atoms with Crippen LogP contribution in [0.5, 0.6) is 5.75 Å². The number of nitrogens with one attached hydrogen (secondary N) is 2. The van der Waals surface area contributed by atoms with Gasteiger partial charge in [0.1, 0.15) is 11.9 Å². The van der Waals surface area contributed by atoms with Gasteiger partial charge in [0.15, 0.2) is 0 Å². The third kappa shape index (κ3) is 8.69. The summed E-state index contributed by atoms with van der Waals surface area (Å²) in [6, 6.07) is 11.9. The smallest absolute Gasteiger partial charge is 0.258 e. The molecular weight excluding hydrogens is 510 g/mol. The molecule has 40 heavy (non-hydrogen) atoms. The highest BCUT2D eigenvalue weighted by Crippen LogP contribution is 2.30. The molecule has 2 aromatic carbocycles. The highest BCUT2D eigenvalue weighted by molar-refractivity contribution is 6.00. The number of para-hydroxylation sites is 2. The average Bonchev–Trinajstić information content (AvgIpc) is 2.91. The molecule has 0 saturated heterocycles. The first-order valence-electron chi connectivity index (χ1n) is 13.9. The number of hydrogen-bond acceptors (Lipinski definition) is 7. The monoisotopic (exact) mass is 553 g/mol. The zero-order chi connectivity index (χ0) is 29.2. The van der Waals surface area contributed by atoms with Crippen molar-refractivity contribution in [2.75, 3.05) is 50.2 Å². The molecule has 3 rings (SSSR count). The Balaban J connectivity index is 1.57. The van der Waals surface area contributed by atoms with E-state index >= 15 is 0 Å². The van der Waals surface area contributed by atoms with Gasteiger partial charge in [-0.15, -0.1) is 0 Å². The molecule has 3 atom stereocenters. The fourth-order valence-corrected chi connectivity index (χ4v) is 4.67. The van der Waals surface area contributed by atoms with Crippen LogP contribution < -0.4 is 21.1 Å². The van der Waals surface area contributed by atoms with Crippen LogP contribution in [0.1, 0.15) is 56.3 Å². The zero-order valence-electron chi connectivity index (χ0n) is 24.0. The maximum absolute atomic E-state index is 13.5. The summed E-state index contributed by atoms with van der Waals surface area (Å²) in [6.45, 7) is 4.84. The van der Waals surface area contributed by atoms with Crippen LogP contribution in [0.25, 0.3) is 0 Å². The Hall–Kier alpha value is -3.63. The molecule has 0 aliphatic carbocycles. The number of anilines is 3. The van der Waals surface area contributed by atoms with Gasteiger partial charge >= 0.3 is 0 Å². The summed E-state index contributed by atoms with van der Waals surface area (Å²) in [5.74, 6) is 0.00277. The molecule has 218 valence electrons. The predicted octanol–water partition coefficient (Wildman–Crippen LogP) is 3.58. The van der Waals surface area contributed by atoms with Crippen molar-refractivity contribution in [2.45, 2.75) is 58.1 Å². The molecule has 10 nitrogen and oxygen atoms in total. The lowest BCUT2D eigenvalue weighted by Gasteiger charge is -2.37. The first-order valence-corrected chi connectivity index (χ1v) is 13.9. The number of benzene rings is 2. The minimum atomic E-state index is -0.355. The van der Waals surface area contributed by atoms with E-state index in [9.17, 15) is 19.5 Å². The molecule has 2 aromatic rings. The van der Waals surface area contributed by atoms with Crippen LogP contribution in [-0.4, -0.2) is 78.6 Å². The minimum Gasteiger partial charge on any atom is -0.488 e. The van der Waals surface area contributed by atoms with Crippen molar-refractivity contribution < 1.29 is 24.2 Å². The summed E-state index contributed by atoms with van der Waals surface area (Å²) < 4.78 is 6.30. The average molecular weight is 554 g/mol. The summed E-state index contributed by atoms with van der Waals surface area (Å²) in [4.78, 5) is 42.0. The molecule has 1 aliphatic heterocycles. The first-order chi connectivity index (χ1) is 19.1. The Morgan fingerprint density at radius 3 is 2.42 bits per heavy atom. The van der Waals surface area contributed by atoms with Crippen LogP contribution in [0.4, 0.5) is 17.1 Å². The van der Waals surface area contributed by atoms with E-state index in [-0.39, 0.29) is 42.4 Å². The molecule has 1 aliphatic rings. The van der Waals surface area contributed by atoms with Gasteiger partial charge in [-0.25, -0.2) is 0 Å². The van der Waals surface area contributed by atoms with Gasteiger partial charge in [-0.2, -0.15) is 0 Å². The van der Waals surface area contributed by atoms with Crippen molar-refractivity contribution >= 4 is 34.8 Å². The van der Waals surface area contributed by atoms with E-state index in [2.05, 4.69) is 10.6 Å². The molecule has 0 saturated carbocycles. The number of likely N-dealkylation sites (N-methyl/N-ethyl adjacent to an activating group) is 1. The van der Waals surface area contributed by atoms with E-state index in [1.165, 1.54) is 0 Å². The van der Waals surface area contributed by atoms with E-state index < -0.39 is 0 Å². The number of ether oxygens (including phenoxy) is 1. The number of unbranched alkanes of at least 4 members (excludes halogenated alkanes) is 2. The Kier molecular flexibility index (Phi) is 11.3. The minimum absolute atomic E-state index is 0.0513. The van der Waals surface area contributed by atoms with Gasteiger partial charge in [-0.05, 0) is 64.2 Å². The van der Waals surface area contributed by atoms with Gasteiger partial charge in [-0.3, -0.25) is 14.4 Å². The number of carbonyl (C=O) groups is 3. The molecule has 0 bridgehead atoms. The second-order valence-corrected chi connectivity index (χ2v) is 10.8. The summed E-state index contributed by atoms with van der Waals surface area (Å²) in [7, 11) is 3.95. The second-order valence-electron chi connectivity index (χ2n) is 10.8. The number of nitrogens with zero attached hydrogens (tertiary/aromatic N) is 2. The van der Waals surface area contributed by atoms with E-state index in [0.29, 0.717) is 67.1 Å². The largest absolute Gasteiger partial charge is 0.488 e. The third-order valence-corrected chi connectivity index (χ3v) is 7.04. The number of fused-ring (bicyclic) bond motifs is 1. The summed E-state index contributed by atoms with van der Waals surface area (Å²) in [5, 5.41) is 15.5. The van der Waals surface area contributed by atoms with E-state index in [0.717, 1.165) is 6.42 Å². The van der Waals surface area contributed by atoms with E-state index in [4.69, 9.17) is 10.5 Å². The van der Waals surface area contributed by atoms with E-state index in [1.54, 1.807) is 35.2 Å². The van der Waals surface area contributed by atoms with Crippen LogP contribution in [0, 0.1) is 5.92 Å². The summed E-state index contributed by atoms with van der Waals surface area (Å²) >= 11 is 0. The quantitative estimate of drug-likeness (QED) is 0.233. The van der Waals surface area contributed by atoms with Crippen LogP contribution in [0.3, 0.4) is 0 Å². The SMILES string of the molecule is C[C@@H]1CN([C@H](C)CO)C(=O)c2cc(NC(=O)CCCCCC(=O)Nc3ccccc3N)ccc2O[C@H]1CN(C)C. The van der Waals surface area contributed by atoms with Crippen molar-refractivity contribution in [3.8, 4) is 5.75 Å². The van der Waals surface area contributed by atoms with E-state index in [1.807, 2.05) is 45.0 Å².